The summed E-state index contributed by atoms with van der Waals surface area (Å²) in [6.45, 7) is 5.82. The van der Waals surface area contributed by atoms with Gasteiger partial charge in [-0.15, -0.1) is 0 Å². The molecule has 94 valence electrons. The van der Waals surface area contributed by atoms with Crippen molar-refractivity contribution in [1.82, 2.24) is 10.6 Å². The highest BCUT2D eigenvalue weighted by Crippen LogP contribution is 1.98. The SMILES string of the molecule is CCCC(C)NC(=O)N[C@@H](CCC)C(=O)O. The number of carboxylic acid groups (broad SMARTS) is 1. The quantitative estimate of drug-likeness (QED) is 0.623. The lowest BCUT2D eigenvalue weighted by atomic mass is 10.1. The molecule has 0 heterocycles. The zero-order valence-electron chi connectivity index (χ0n) is 10.2. The first kappa shape index (κ1) is 14.7. The fraction of sp³-hybridized carbons (Fsp3) is 0.818. The molecule has 0 aliphatic carbocycles. The molecule has 5 nitrogen and oxygen atoms in total. The van der Waals surface area contributed by atoms with Crippen molar-refractivity contribution in [3.63, 3.8) is 0 Å². The Labute approximate surface area is 96.6 Å². The lowest BCUT2D eigenvalue weighted by Crippen LogP contribution is -2.48. The molecule has 2 atom stereocenters. The van der Waals surface area contributed by atoms with Gasteiger partial charge in [-0.05, 0) is 19.8 Å². The molecule has 0 saturated heterocycles. The Morgan fingerprint density at radius 2 is 1.69 bits per heavy atom. The fourth-order valence-corrected chi connectivity index (χ4v) is 1.47. The lowest BCUT2D eigenvalue weighted by molar-refractivity contribution is -0.139. The molecule has 3 N–H and O–H groups in total. The molecule has 0 saturated carbocycles. The van der Waals surface area contributed by atoms with Gasteiger partial charge >= 0.3 is 12.0 Å². The van der Waals surface area contributed by atoms with Crippen LogP contribution in [0.2, 0.25) is 0 Å². The number of urea groups is 1. The maximum absolute atomic E-state index is 11.4. The van der Waals surface area contributed by atoms with Crippen LogP contribution in [-0.4, -0.2) is 29.2 Å². The molecule has 5 heteroatoms. The second-order valence-corrected chi connectivity index (χ2v) is 3.99. The van der Waals surface area contributed by atoms with Crippen molar-refractivity contribution in [3.05, 3.63) is 0 Å². The number of rotatable bonds is 7. The van der Waals surface area contributed by atoms with Crippen molar-refractivity contribution >= 4 is 12.0 Å². The van der Waals surface area contributed by atoms with Crippen molar-refractivity contribution < 1.29 is 14.7 Å². The zero-order chi connectivity index (χ0) is 12.6. The highest BCUT2D eigenvalue weighted by atomic mass is 16.4. The smallest absolute Gasteiger partial charge is 0.326 e. The lowest BCUT2D eigenvalue weighted by Gasteiger charge is -2.17. The molecule has 0 aromatic rings. The molecule has 0 spiro atoms. The van der Waals surface area contributed by atoms with E-state index in [-0.39, 0.29) is 6.04 Å². The van der Waals surface area contributed by atoms with Gasteiger partial charge < -0.3 is 15.7 Å². The van der Waals surface area contributed by atoms with Gasteiger partial charge in [-0.1, -0.05) is 26.7 Å². The van der Waals surface area contributed by atoms with Crippen LogP contribution in [-0.2, 0) is 4.79 Å². The molecule has 1 unspecified atom stereocenters. The van der Waals surface area contributed by atoms with Gasteiger partial charge in [0.2, 0.25) is 0 Å². The minimum absolute atomic E-state index is 0.0704. The summed E-state index contributed by atoms with van der Waals surface area (Å²) in [4.78, 5) is 22.2. The van der Waals surface area contributed by atoms with E-state index in [1.54, 1.807) is 0 Å². The number of nitrogens with one attached hydrogen (secondary N) is 2. The monoisotopic (exact) mass is 230 g/mol. The first-order valence-corrected chi connectivity index (χ1v) is 5.81. The molecule has 2 amide bonds. The van der Waals surface area contributed by atoms with Gasteiger partial charge in [0.05, 0.1) is 0 Å². The standard InChI is InChI=1S/C11H22N2O3/c1-4-6-8(3)12-11(16)13-9(7-5-2)10(14)15/h8-9H,4-7H2,1-3H3,(H,14,15)(H2,12,13,16)/t8?,9-/m0/s1. The number of hydrogen-bond donors (Lipinski definition) is 3. The molecule has 16 heavy (non-hydrogen) atoms. The third-order valence-electron chi connectivity index (χ3n) is 2.28. The van der Waals surface area contributed by atoms with Gasteiger partial charge in [0.25, 0.3) is 0 Å². The van der Waals surface area contributed by atoms with Crippen LogP contribution < -0.4 is 10.6 Å². The van der Waals surface area contributed by atoms with E-state index in [1.165, 1.54) is 0 Å². The summed E-state index contributed by atoms with van der Waals surface area (Å²) in [5, 5.41) is 14.0. The number of carbonyl (C=O) groups excluding carboxylic acids is 1. The third kappa shape index (κ3) is 6.27. The summed E-state index contributed by atoms with van der Waals surface area (Å²) in [6, 6.07) is -1.12. The van der Waals surface area contributed by atoms with Crippen molar-refractivity contribution in [1.29, 1.82) is 0 Å². The minimum Gasteiger partial charge on any atom is -0.480 e. The first-order valence-electron chi connectivity index (χ1n) is 5.81. The second kappa shape index (κ2) is 7.96. The van der Waals surface area contributed by atoms with Gasteiger partial charge in [0.15, 0.2) is 0 Å². The largest absolute Gasteiger partial charge is 0.480 e. The zero-order valence-corrected chi connectivity index (χ0v) is 10.2. The summed E-state index contributed by atoms with van der Waals surface area (Å²) in [6.07, 6.45) is 3.05. The second-order valence-electron chi connectivity index (χ2n) is 3.99. The summed E-state index contributed by atoms with van der Waals surface area (Å²) >= 11 is 0. The van der Waals surface area contributed by atoms with Crippen LogP contribution in [0.5, 0.6) is 0 Å². The average Bonchev–Trinajstić information content (AvgIpc) is 2.16. The number of carboxylic acids is 1. The van der Waals surface area contributed by atoms with Gasteiger partial charge in [-0.2, -0.15) is 0 Å². The van der Waals surface area contributed by atoms with Crippen LogP contribution in [0.4, 0.5) is 4.79 Å². The highest BCUT2D eigenvalue weighted by molar-refractivity contribution is 5.82. The summed E-state index contributed by atoms with van der Waals surface area (Å²) in [5.74, 6) is -0.986. The molecule has 0 aromatic heterocycles. The Hall–Kier alpha value is -1.26. The molecule has 0 fully saturated rings. The van der Waals surface area contributed by atoms with E-state index < -0.39 is 18.0 Å². The topological polar surface area (TPSA) is 78.4 Å². The molecule has 0 rings (SSSR count). The fourth-order valence-electron chi connectivity index (χ4n) is 1.47. The van der Waals surface area contributed by atoms with Gasteiger partial charge in [0, 0.05) is 6.04 Å². The molecule has 0 radical (unpaired) electrons. The van der Waals surface area contributed by atoms with Gasteiger partial charge in [0.1, 0.15) is 6.04 Å². The van der Waals surface area contributed by atoms with Crippen LogP contribution in [0.3, 0.4) is 0 Å². The minimum atomic E-state index is -0.986. The number of hydrogen-bond acceptors (Lipinski definition) is 2. The number of aliphatic carboxylic acids is 1. The van der Waals surface area contributed by atoms with Crippen molar-refractivity contribution in [2.75, 3.05) is 0 Å². The van der Waals surface area contributed by atoms with Gasteiger partial charge in [-0.3, -0.25) is 0 Å². The number of amides is 2. The third-order valence-corrected chi connectivity index (χ3v) is 2.28. The van der Waals surface area contributed by atoms with E-state index in [2.05, 4.69) is 10.6 Å². The van der Waals surface area contributed by atoms with E-state index in [0.29, 0.717) is 6.42 Å². The Kier molecular flexibility index (Phi) is 7.33. The Morgan fingerprint density at radius 3 is 2.12 bits per heavy atom. The summed E-state index contributed by atoms with van der Waals surface area (Å²) in [7, 11) is 0. The van der Waals surface area contributed by atoms with Crippen molar-refractivity contribution in [2.24, 2.45) is 0 Å². The van der Waals surface area contributed by atoms with Crippen LogP contribution in [0.15, 0.2) is 0 Å². The van der Waals surface area contributed by atoms with E-state index in [1.807, 2.05) is 20.8 Å². The Balaban J connectivity index is 4.04. The maximum Gasteiger partial charge on any atom is 0.326 e. The summed E-state index contributed by atoms with van der Waals surface area (Å²) in [5.41, 5.74) is 0. The predicted molar refractivity (Wildman–Crippen MR) is 62.4 cm³/mol. The molecular weight excluding hydrogens is 208 g/mol. The predicted octanol–water partition coefficient (Wildman–Crippen LogP) is 1.73. The molecule has 0 bridgehead atoms. The molecule has 0 aliphatic rings. The van der Waals surface area contributed by atoms with Crippen LogP contribution >= 0.6 is 0 Å². The van der Waals surface area contributed by atoms with Crippen LogP contribution in [0.25, 0.3) is 0 Å². The Bertz CT molecular complexity index is 231. The Morgan fingerprint density at radius 1 is 1.12 bits per heavy atom. The van der Waals surface area contributed by atoms with Crippen molar-refractivity contribution in [2.45, 2.75) is 58.5 Å². The van der Waals surface area contributed by atoms with E-state index in [9.17, 15) is 9.59 Å². The van der Waals surface area contributed by atoms with E-state index in [0.717, 1.165) is 19.3 Å². The maximum atomic E-state index is 11.4. The van der Waals surface area contributed by atoms with E-state index in [4.69, 9.17) is 5.11 Å². The van der Waals surface area contributed by atoms with E-state index >= 15 is 0 Å². The first-order chi connectivity index (χ1) is 7.51. The van der Waals surface area contributed by atoms with Crippen molar-refractivity contribution in [3.8, 4) is 0 Å². The number of carbonyl (C=O) groups is 2. The van der Waals surface area contributed by atoms with Gasteiger partial charge in [-0.25, -0.2) is 9.59 Å². The highest BCUT2D eigenvalue weighted by Gasteiger charge is 2.19. The molecule has 0 aromatic carbocycles. The van der Waals surface area contributed by atoms with Crippen LogP contribution in [0.1, 0.15) is 46.5 Å². The molecular formula is C11H22N2O3. The van der Waals surface area contributed by atoms with Crippen LogP contribution in [0, 0.1) is 0 Å². The molecule has 0 aliphatic heterocycles. The average molecular weight is 230 g/mol. The summed E-state index contributed by atoms with van der Waals surface area (Å²) < 4.78 is 0. The normalized spacial score (nSPS) is 13.9.